The molecule has 1 aromatic rings. The normalized spacial score (nSPS) is 26.3. The molecular weight excluding hydrogens is 385 g/mol. The van der Waals surface area contributed by atoms with Crippen LogP contribution in [0.1, 0.15) is 24.8 Å². The Balaban J connectivity index is 1.47. The number of rotatable bonds is 5. The molecule has 3 heterocycles. The second-order valence-electron chi connectivity index (χ2n) is 9.23. The van der Waals surface area contributed by atoms with E-state index in [-0.39, 0.29) is 34.9 Å². The number of amides is 2. The maximum Gasteiger partial charge on any atom is 0.230 e. The van der Waals surface area contributed by atoms with E-state index >= 15 is 0 Å². The van der Waals surface area contributed by atoms with Crippen molar-refractivity contribution in [3.63, 3.8) is 0 Å². The highest BCUT2D eigenvalue weighted by molar-refractivity contribution is 5.86. The SMILES string of the molecule is COCCN1CC2(CCN(C(=O)Cc3cccc(F)c3)CC2)C2(CCN(C)C2=O)C1. The first-order chi connectivity index (χ1) is 14.4. The van der Waals surface area contributed by atoms with Gasteiger partial charge in [0.2, 0.25) is 11.8 Å². The molecular formula is C23H32FN3O3. The van der Waals surface area contributed by atoms with Gasteiger partial charge in [-0.05, 0) is 37.0 Å². The summed E-state index contributed by atoms with van der Waals surface area (Å²) in [5.41, 5.74) is 0.279. The zero-order valence-corrected chi connectivity index (χ0v) is 18.0. The Bertz CT molecular complexity index is 809. The van der Waals surface area contributed by atoms with E-state index in [2.05, 4.69) is 4.90 Å². The van der Waals surface area contributed by atoms with E-state index in [1.807, 2.05) is 16.8 Å². The molecule has 2 amide bonds. The number of carbonyl (C=O) groups is 2. The highest BCUT2D eigenvalue weighted by Gasteiger charge is 2.64. The van der Waals surface area contributed by atoms with Crippen LogP contribution in [0.5, 0.6) is 0 Å². The molecule has 1 unspecified atom stereocenters. The van der Waals surface area contributed by atoms with Crippen LogP contribution in [0.25, 0.3) is 0 Å². The molecule has 6 nitrogen and oxygen atoms in total. The standard InChI is InChI=1S/C23H32FN3O3/c1-25-9-8-23(21(25)29)17-26(12-13-30-2)16-22(23)6-10-27(11-7-22)20(28)15-18-4-3-5-19(24)14-18/h3-5,14H,6-13,15-17H2,1-2H3. The Morgan fingerprint density at radius 1 is 1.17 bits per heavy atom. The molecule has 1 aromatic carbocycles. The molecule has 1 atom stereocenters. The summed E-state index contributed by atoms with van der Waals surface area (Å²) < 4.78 is 18.7. The molecule has 0 saturated carbocycles. The highest BCUT2D eigenvalue weighted by Crippen LogP contribution is 2.57. The molecule has 4 rings (SSSR count). The van der Waals surface area contributed by atoms with Crippen molar-refractivity contribution in [2.45, 2.75) is 25.7 Å². The first-order valence-corrected chi connectivity index (χ1v) is 10.9. The third kappa shape index (κ3) is 3.62. The maximum atomic E-state index is 13.4. The number of nitrogens with zero attached hydrogens (tertiary/aromatic N) is 3. The van der Waals surface area contributed by atoms with E-state index in [1.54, 1.807) is 19.2 Å². The van der Waals surface area contributed by atoms with Gasteiger partial charge in [-0.15, -0.1) is 0 Å². The number of carbonyl (C=O) groups excluding carboxylic acids is 2. The molecule has 0 N–H and O–H groups in total. The predicted molar refractivity (Wildman–Crippen MR) is 111 cm³/mol. The minimum absolute atomic E-state index is 0.0357. The number of fused-ring (bicyclic) bond motifs is 1. The average molecular weight is 418 g/mol. The van der Waals surface area contributed by atoms with Gasteiger partial charge in [-0.1, -0.05) is 12.1 Å². The summed E-state index contributed by atoms with van der Waals surface area (Å²) in [6, 6.07) is 6.25. The minimum Gasteiger partial charge on any atom is -0.383 e. The first-order valence-electron chi connectivity index (χ1n) is 10.9. The molecule has 30 heavy (non-hydrogen) atoms. The van der Waals surface area contributed by atoms with Crippen LogP contribution in [0.4, 0.5) is 4.39 Å². The fourth-order valence-electron chi connectivity index (χ4n) is 5.89. The monoisotopic (exact) mass is 417 g/mol. The topological polar surface area (TPSA) is 53.1 Å². The van der Waals surface area contributed by atoms with Gasteiger partial charge in [0.05, 0.1) is 18.4 Å². The fraction of sp³-hybridized carbons (Fsp3) is 0.652. The van der Waals surface area contributed by atoms with Crippen LogP contribution >= 0.6 is 0 Å². The Hall–Kier alpha value is -1.99. The number of piperidine rings is 1. The Morgan fingerprint density at radius 3 is 2.57 bits per heavy atom. The number of ether oxygens (including phenoxy) is 1. The number of likely N-dealkylation sites (tertiary alicyclic amines) is 3. The zero-order chi connectivity index (χ0) is 21.4. The van der Waals surface area contributed by atoms with E-state index in [9.17, 15) is 14.0 Å². The van der Waals surface area contributed by atoms with E-state index < -0.39 is 0 Å². The fourth-order valence-corrected chi connectivity index (χ4v) is 5.89. The van der Waals surface area contributed by atoms with Gasteiger partial charge in [0.25, 0.3) is 0 Å². The number of hydrogen-bond acceptors (Lipinski definition) is 4. The summed E-state index contributed by atoms with van der Waals surface area (Å²) in [5, 5.41) is 0. The lowest BCUT2D eigenvalue weighted by Crippen LogP contribution is -2.53. The van der Waals surface area contributed by atoms with Crippen LogP contribution in [0.2, 0.25) is 0 Å². The van der Waals surface area contributed by atoms with Crippen molar-refractivity contribution < 1.29 is 18.7 Å². The van der Waals surface area contributed by atoms with Gasteiger partial charge in [0.15, 0.2) is 0 Å². The van der Waals surface area contributed by atoms with E-state index in [0.29, 0.717) is 25.3 Å². The van der Waals surface area contributed by atoms with E-state index in [1.165, 1.54) is 12.1 Å². The molecule has 164 valence electrons. The summed E-state index contributed by atoms with van der Waals surface area (Å²) in [5.74, 6) is -0.0126. The number of halogens is 1. The Kier molecular flexibility index (Phi) is 5.86. The van der Waals surface area contributed by atoms with Crippen molar-refractivity contribution in [3.05, 3.63) is 35.6 Å². The lowest BCUT2D eigenvalue weighted by Gasteiger charge is -2.47. The van der Waals surface area contributed by atoms with Gasteiger partial charge in [-0.3, -0.25) is 14.5 Å². The predicted octanol–water partition coefficient (Wildman–Crippen LogP) is 1.79. The highest BCUT2D eigenvalue weighted by atomic mass is 19.1. The average Bonchev–Trinajstić information content (AvgIpc) is 3.19. The Morgan fingerprint density at radius 2 is 1.93 bits per heavy atom. The van der Waals surface area contributed by atoms with Crippen molar-refractivity contribution in [1.82, 2.24) is 14.7 Å². The first kappa shape index (κ1) is 21.2. The maximum absolute atomic E-state index is 13.4. The van der Waals surface area contributed by atoms with Crippen molar-refractivity contribution in [2.75, 3.05) is 60.0 Å². The summed E-state index contributed by atoms with van der Waals surface area (Å²) in [6.45, 7) is 5.29. The quantitative estimate of drug-likeness (QED) is 0.733. The molecule has 0 bridgehead atoms. The molecule has 0 aromatic heterocycles. The van der Waals surface area contributed by atoms with Gasteiger partial charge in [-0.25, -0.2) is 4.39 Å². The third-order valence-corrected chi connectivity index (χ3v) is 7.59. The van der Waals surface area contributed by atoms with Crippen molar-refractivity contribution >= 4 is 11.8 Å². The van der Waals surface area contributed by atoms with Crippen LogP contribution < -0.4 is 0 Å². The van der Waals surface area contributed by atoms with Crippen molar-refractivity contribution in [1.29, 1.82) is 0 Å². The lowest BCUT2D eigenvalue weighted by atomic mass is 9.60. The summed E-state index contributed by atoms with van der Waals surface area (Å²) in [7, 11) is 3.61. The smallest absolute Gasteiger partial charge is 0.230 e. The molecule has 7 heteroatoms. The molecule has 3 aliphatic rings. The summed E-state index contributed by atoms with van der Waals surface area (Å²) >= 11 is 0. The van der Waals surface area contributed by atoms with Gasteiger partial charge in [-0.2, -0.15) is 0 Å². The summed E-state index contributed by atoms with van der Waals surface area (Å²) in [6.07, 6.45) is 2.79. The number of hydrogen-bond donors (Lipinski definition) is 0. The van der Waals surface area contributed by atoms with Crippen LogP contribution in [0.15, 0.2) is 24.3 Å². The van der Waals surface area contributed by atoms with Crippen molar-refractivity contribution in [3.8, 4) is 0 Å². The third-order valence-electron chi connectivity index (χ3n) is 7.59. The number of benzene rings is 1. The van der Waals surface area contributed by atoms with E-state index in [0.717, 1.165) is 45.4 Å². The van der Waals surface area contributed by atoms with E-state index in [4.69, 9.17) is 4.74 Å². The second kappa shape index (κ2) is 8.27. The lowest BCUT2D eigenvalue weighted by molar-refractivity contribution is -0.143. The van der Waals surface area contributed by atoms with Crippen LogP contribution in [0.3, 0.4) is 0 Å². The summed E-state index contributed by atoms with van der Waals surface area (Å²) in [4.78, 5) is 32.2. The number of methoxy groups -OCH3 is 1. The van der Waals surface area contributed by atoms with Gasteiger partial charge in [0.1, 0.15) is 5.82 Å². The molecule has 0 aliphatic carbocycles. The second-order valence-corrected chi connectivity index (χ2v) is 9.23. The molecule has 3 fully saturated rings. The molecule has 2 spiro atoms. The van der Waals surface area contributed by atoms with Gasteiger partial charge >= 0.3 is 0 Å². The van der Waals surface area contributed by atoms with Crippen LogP contribution in [0, 0.1) is 16.6 Å². The molecule has 3 saturated heterocycles. The van der Waals surface area contributed by atoms with Gasteiger partial charge in [0, 0.05) is 58.8 Å². The minimum atomic E-state index is -0.340. The van der Waals surface area contributed by atoms with Crippen molar-refractivity contribution in [2.24, 2.45) is 10.8 Å². The molecule has 0 radical (unpaired) electrons. The zero-order valence-electron chi connectivity index (χ0n) is 18.0. The van der Waals surface area contributed by atoms with Crippen LogP contribution in [-0.2, 0) is 20.7 Å². The van der Waals surface area contributed by atoms with Gasteiger partial charge < -0.3 is 14.5 Å². The largest absolute Gasteiger partial charge is 0.383 e. The molecule has 3 aliphatic heterocycles. The van der Waals surface area contributed by atoms with Crippen LogP contribution in [-0.4, -0.2) is 86.5 Å². The Labute approximate surface area is 177 Å².